The first kappa shape index (κ1) is 13.7. The molecule has 0 rings (SSSR count). The van der Waals surface area contributed by atoms with E-state index in [-0.39, 0.29) is 0 Å². The van der Waals surface area contributed by atoms with Crippen molar-refractivity contribution in [3.05, 3.63) is 12.2 Å². The molecule has 0 atom stereocenters. The van der Waals surface area contributed by atoms with Gasteiger partial charge in [0.1, 0.15) is 0 Å². The van der Waals surface area contributed by atoms with Crippen LogP contribution in [-0.4, -0.2) is 25.2 Å². The molecule has 0 bridgehead atoms. The SMILES string of the molecule is C=C(CCCC)C(=O)O.CNC. The van der Waals surface area contributed by atoms with Crippen LogP contribution in [0.2, 0.25) is 0 Å². The first-order valence-electron chi connectivity index (χ1n) is 4.09. The molecule has 0 aromatic carbocycles. The summed E-state index contributed by atoms with van der Waals surface area (Å²) in [6, 6.07) is 0. The molecule has 0 spiro atoms. The Kier molecular flexibility index (Phi) is 11.6. The quantitative estimate of drug-likeness (QED) is 0.635. The van der Waals surface area contributed by atoms with Gasteiger partial charge in [-0.2, -0.15) is 0 Å². The highest BCUT2D eigenvalue weighted by Gasteiger charge is 2.00. The minimum atomic E-state index is -0.872. The molecule has 3 nitrogen and oxygen atoms in total. The van der Waals surface area contributed by atoms with Crippen LogP contribution in [0.1, 0.15) is 26.2 Å². The average molecular weight is 173 g/mol. The summed E-state index contributed by atoms with van der Waals surface area (Å²) < 4.78 is 0. The molecule has 0 saturated heterocycles. The van der Waals surface area contributed by atoms with Gasteiger partial charge in [0.05, 0.1) is 0 Å². The molecule has 0 fully saturated rings. The average Bonchev–Trinajstić information content (AvgIpc) is 2.01. The Morgan fingerprint density at radius 3 is 2.17 bits per heavy atom. The summed E-state index contributed by atoms with van der Waals surface area (Å²) in [6.07, 6.45) is 2.56. The van der Waals surface area contributed by atoms with E-state index in [1.165, 1.54) is 0 Å². The molecule has 0 aliphatic rings. The second-order valence-electron chi connectivity index (χ2n) is 2.51. The van der Waals surface area contributed by atoms with Gasteiger partial charge in [0.2, 0.25) is 0 Å². The number of aliphatic carboxylic acids is 1. The molecule has 0 aromatic heterocycles. The predicted molar refractivity (Wildman–Crippen MR) is 51.3 cm³/mol. The van der Waals surface area contributed by atoms with Crippen molar-refractivity contribution in [2.24, 2.45) is 0 Å². The molecule has 72 valence electrons. The van der Waals surface area contributed by atoms with Gasteiger partial charge in [-0.25, -0.2) is 4.79 Å². The minimum Gasteiger partial charge on any atom is -0.478 e. The molecule has 12 heavy (non-hydrogen) atoms. The molecular formula is C9H19NO2. The number of carbonyl (C=O) groups is 1. The van der Waals surface area contributed by atoms with Gasteiger partial charge in [0.25, 0.3) is 0 Å². The maximum absolute atomic E-state index is 10.1. The molecule has 0 saturated carbocycles. The lowest BCUT2D eigenvalue weighted by Gasteiger charge is -1.95. The molecule has 0 radical (unpaired) electrons. The van der Waals surface area contributed by atoms with Crippen LogP contribution in [0.3, 0.4) is 0 Å². The molecule has 0 aliphatic carbocycles. The second-order valence-corrected chi connectivity index (χ2v) is 2.51. The van der Waals surface area contributed by atoms with Gasteiger partial charge in [-0.05, 0) is 26.9 Å². The number of hydrogen-bond acceptors (Lipinski definition) is 2. The smallest absolute Gasteiger partial charge is 0.330 e. The molecule has 0 unspecified atom stereocenters. The first-order valence-corrected chi connectivity index (χ1v) is 4.09. The van der Waals surface area contributed by atoms with Gasteiger partial charge in [-0.3, -0.25) is 0 Å². The van der Waals surface area contributed by atoms with Crippen molar-refractivity contribution in [2.75, 3.05) is 14.1 Å². The highest BCUT2D eigenvalue weighted by Crippen LogP contribution is 2.03. The number of hydrogen-bond donors (Lipinski definition) is 2. The minimum absolute atomic E-state index is 0.317. The van der Waals surface area contributed by atoms with E-state index < -0.39 is 5.97 Å². The van der Waals surface area contributed by atoms with E-state index in [0.717, 1.165) is 12.8 Å². The van der Waals surface area contributed by atoms with Crippen molar-refractivity contribution in [3.63, 3.8) is 0 Å². The van der Waals surface area contributed by atoms with Crippen LogP contribution in [0.4, 0.5) is 0 Å². The zero-order chi connectivity index (χ0) is 9.98. The van der Waals surface area contributed by atoms with Crippen molar-refractivity contribution >= 4 is 5.97 Å². The highest BCUT2D eigenvalue weighted by atomic mass is 16.4. The molecule has 2 N–H and O–H groups in total. The number of carboxylic acid groups (broad SMARTS) is 1. The van der Waals surface area contributed by atoms with Crippen LogP contribution in [0.5, 0.6) is 0 Å². The lowest BCUT2D eigenvalue weighted by atomic mass is 10.1. The van der Waals surface area contributed by atoms with Crippen LogP contribution < -0.4 is 5.32 Å². The molecule has 3 heteroatoms. The number of unbranched alkanes of at least 4 members (excludes halogenated alkanes) is 1. The fourth-order valence-electron chi connectivity index (χ4n) is 0.497. The fourth-order valence-corrected chi connectivity index (χ4v) is 0.497. The number of rotatable bonds is 4. The van der Waals surface area contributed by atoms with Gasteiger partial charge in [0, 0.05) is 5.57 Å². The van der Waals surface area contributed by atoms with Crippen molar-refractivity contribution in [1.29, 1.82) is 0 Å². The summed E-state index contributed by atoms with van der Waals surface area (Å²) in [5.74, 6) is -0.872. The Bertz CT molecular complexity index is 132. The lowest BCUT2D eigenvalue weighted by Crippen LogP contribution is -1.97. The number of carboxylic acids is 1. The van der Waals surface area contributed by atoms with Gasteiger partial charge in [0.15, 0.2) is 0 Å². The zero-order valence-corrected chi connectivity index (χ0v) is 8.18. The standard InChI is InChI=1S/C7H12O2.C2H7N/c1-3-4-5-6(2)7(8)9;1-3-2/h2-5H2,1H3,(H,8,9);3H,1-2H3. The Labute approximate surface area is 74.5 Å². The maximum atomic E-state index is 10.1. The first-order chi connectivity index (χ1) is 5.59. The summed E-state index contributed by atoms with van der Waals surface area (Å²) in [7, 11) is 3.75. The third-order valence-electron chi connectivity index (χ3n) is 1.13. The van der Waals surface area contributed by atoms with E-state index in [2.05, 4.69) is 11.9 Å². The van der Waals surface area contributed by atoms with E-state index in [1.54, 1.807) is 0 Å². The van der Waals surface area contributed by atoms with Gasteiger partial charge in [-0.15, -0.1) is 0 Å². The van der Waals surface area contributed by atoms with Crippen LogP contribution in [0.25, 0.3) is 0 Å². The van der Waals surface area contributed by atoms with E-state index in [4.69, 9.17) is 5.11 Å². The van der Waals surface area contributed by atoms with E-state index in [0.29, 0.717) is 12.0 Å². The van der Waals surface area contributed by atoms with Crippen molar-refractivity contribution in [1.82, 2.24) is 5.32 Å². The summed E-state index contributed by atoms with van der Waals surface area (Å²) >= 11 is 0. The van der Waals surface area contributed by atoms with Crippen molar-refractivity contribution in [3.8, 4) is 0 Å². The topological polar surface area (TPSA) is 49.3 Å². The van der Waals surface area contributed by atoms with Gasteiger partial charge in [-0.1, -0.05) is 19.9 Å². The highest BCUT2D eigenvalue weighted by molar-refractivity contribution is 5.85. The van der Waals surface area contributed by atoms with E-state index in [1.807, 2.05) is 21.0 Å². The Balaban J connectivity index is 0. The maximum Gasteiger partial charge on any atom is 0.330 e. The van der Waals surface area contributed by atoms with Crippen LogP contribution in [0.15, 0.2) is 12.2 Å². The van der Waals surface area contributed by atoms with Gasteiger partial charge < -0.3 is 10.4 Å². The third-order valence-corrected chi connectivity index (χ3v) is 1.13. The molecule has 0 aliphatic heterocycles. The van der Waals surface area contributed by atoms with Gasteiger partial charge >= 0.3 is 5.97 Å². The summed E-state index contributed by atoms with van der Waals surface area (Å²) in [5.41, 5.74) is 0.317. The Morgan fingerprint density at radius 2 is 1.92 bits per heavy atom. The monoisotopic (exact) mass is 173 g/mol. The molecule has 0 amide bonds. The summed E-state index contributed by atoms with van der Waals surface area (Å²) in [5, 5.41) is 11.1. The van der Waals surface area contributed by atoms with E-state index in [9.17, 15) is 4.79 Å². The van der Waals surface area contributed by atoms with Crippen LogP contribution in [-0.2, 0) is 4.79 Å². The Hall–Kier alpha value is -0.830. The van der Waals surface area contributed by atoms with Crippen molar-refractivity contribution in [2.45, 2.75) is 26.2 Å². The molecule has 0 aromatic rings. The largest absolute Gasteiger partial charge is 0.478 e. The zero-order valence-electron chi connectivity index (χ0n) is 8.18. The summed E-state index contributed by atoms with van der Waals surface area (Å²) in [6.45, 7) is 5.42. The summed E-state index contributed by atoms with van der Waals surface area (Å²) in [4.78, 5) is 10.1. The van der Waals surface area contributed by atoms with Crippen LogP contribution in [0, 0.1) is 0 Å². The lowest BCUT2D eigenvalue weighted by molar-refractivity contribution is -0.132. The second kappa shape index (κ2) is 10.2. The van der Waals surface area contributed by atoms with E-state index >= 15 is 0 Å². The fraction of sp³-hybridized carbons (Fsp3) is 0.667. The normalized spacial score (nSPS) is 8.25. The molecule has 0 heterocycles. The van der Waals surface area contributed by atoms with Crippen LogP contribution >= 0.6 is 0 Å². The predicted octanol–water partition coefficient (Wildman–Crippen LogP) is 1.65. The third kappa shape index (κ3) is 11.9. The Morgan fingerprint density at radius 1 is 1.50 bits per heavy atom. The molecular weight excluding hydrogens is 154 g/mol. The van der Waals surface area contributed by atoms with Crippen molar-refractivity contribution < 1.29 is 9.90 Å². The number of nitrogens with one attached hydrogen (secondary N) is 1.